The topological polar surface area (TPSA) is 135 Å². The molecule has 0 aliphatic carbocycles. The molecule has 3 heterocycles. The summed E-state index contributed by atoms with van der Waals surface area (Å²) >= 11 is 0. The van der Waals surface area contributed by atoms with E-state index in [1.807, 2.05) is 32.0 Å². The van der Waals surface area contributed by atoms with Gasteiger partial charge in [-0.15, -0.1) is 0 Å². The minimum atomic E-state index is -0.545. The molecule has 0 bridgehead atoms. The van der Waals surface area contributed by atoms with E-state index in [-0.39, 0.29) is 28.2 Å². The summed E-state index contributed by atoms with van der Waals surface area (Å²) in [5.74, 6) is 0.435. The highest BCUT2D eigenvalue weighted by atomic mass is 19.1. The van der Waals surface area contributed by atoms with Crippen molar-refractivity contribution in [2.24, 2.45) is 0 Å². The molecule has 0 aliphatic heterocycles. The Bertz CT molecular complexity index is 2420. The summed E-state index contributed by atoms with van der Waals surface area (Å²) < 4.78 is 39.7. The lowest BCUT2D eigenvalue weighted by atomic mass is 9.84. The van der Waals surface area contributed by atoms with E-state index >= 15 is 0 Å². The average molecular weight is 741 g/mol. The molecule has 10 nitrogen and oxygen atoms in total. The van der Waals surface area contributed by atoms with Crippen LogP contribution in [0.15, 0.2) is 110 Å². The summed E-state index contributed by atoms with van der Waals surface area (Å²) in [5, 5.41) is 14.2. The first-order valence-corrected chi connectivity index (χ1v) is 17.4. The van der Waals surface area contributed by atoms with E-state index in [4.69, 9.17) is 12.3 Å². The normalized spacial score (nSPS) is 11.4. The van der Waals surface area contributed by atoms with Gasteiger partial charge in [0.2, 0.25) is 17.6 Å². The highest BCUT2D eigenvalue weighted by Crippen LogP contribution is 2.29. The van der Waals surface area contributed by atoms with Gasteiger partial charge in [-0.25, -0.2) is 38.0 Å². The van der Waals surface area contributed by atoms with Crippen molar-refractivity contribution in [2.45, 2.75) is 38.5 Å². The SMILES string of the molecule is CC(C)(CNc1ncc(-c2ccc3[nH]nc(N)c3c2)cn1)c1ccc(F)cc1.[C-]#[N+]c1cc(-c2cnc(NCC(C)(C)c3ccc(F)cc3)nc2)ccc1F. The van der Waals surface area contributed by atoms with Crippen LogP contribution < -0.4 is 16.4 Å². The molecule has 0 fully saturated rings. The molecule has 3 aromatic heterocycles. The second-order valence-electron chi connectivity index (χ2n) is 14.2. The Labute approximate surface area is 317 Å². The molecule has 4 aromatic carbocycles. The predicted octanol–water partition coefficient (Wildman–Crippen LogP) is 9.49. The molecule has 0 saturated heterocycles. The smallest absolute Gasteiger partial charge is 0.222 e. The Hall–Kier alpha value is -6.81. The highest BCUT2D eigenvalue weighted by Gasteiger charge is 2.22. The maximum Gasteiger partial charge on any atom is 0.222 e. The number of fused-ring (bicyclic) bond motifs is 1. The molecule has 13 heteroatoms. The molecular weight excluding hydrogens is 702 g/mol. The van der Waals surface area contributed by atoms with Gasteiger partial charge in [0.15, 0.2) is 5.82 Å². The molecule has 0 unspecified atom stereocenters. The third-order valence-electron chi connectivity index (χ3n) is 9.26. The van der Waals surface area contributed by atoms with Crippen molar-refractivity contribution in [2.75, 3.05) is 29.5 Å². The lowest BCUT2D eigenvalue weighted by Crippen LogP contribution is -2.28. The third-order valence-corrected chi connectivity index (χ3v) is 9.26. The molecule has 0 aliphatic rings. The first-order valence-electron chi connectivity index (χ1n) is 17.4. The van der Waals surface area contributed by atoms with E-state index in [1.165, 1.54) is 36.4 Å². The van der Waals surface area contributed by atoms with Gasteiger partial charge in [0.25, 0.3) is 0 Å². The molecular formula is C42H39F3N10. The zero-order valence-corrected chi connectivity index (χ0v) is 30.7. The lowest BCUT2D eigenvalue weighted by molar-refractivity contribution is 0.551. The standard InChI is InChI=1S/C21H18F2N4.C21H21FN6/c1-21(2,16-5-7-17(22)8-6-16)13-27-20-25-11-15(12-26-20)14-4-9-18(23)19(10-14)24-3;1-21(2,15-4-6-16(22)7-5-15)12-26-20-24-10-14(11-25-20)13-3-8-18-17(9-13)19(23)28-27-18/h4-12H,13H2,1-2H3,(H,25,26,27);3-11H,12H2,1-2H3,(H3,23,27,28)(H,24,25,26). The molecule has 7 rings (SSSR count). The number of aromatic nitrogens is 6. The zero-order valence-electron chi connectivity index (χ0n) is 30.7. The average Bonchev–Trinajstić information content (AvgIpc) is 3.57. The van der Waals surface area contributed by atoms with Crippen molar-refractivity contribution in [3.05, 3.63) is 150 Å². The number of aromatic amines is 1. The Morgan fingerprint density at radius 1 is 0.636 bits per heavy atom. The predicted molar refractivity (Wildman–Crippen MR) is 211 cm³/mol. The summed E-state index contributed by atoms with van der Waals surface area (Å²) in [7, 11) is 0. The Morgan fingerprint density at radius 2 is 1.09 bits per heavy atom. The lowest BCUT2D eigenvalue weighted by Gasteiger charge is -2.25. The van der Waals surface area contributed by atoms with Crippen molar-refractivity contribution in [3.63, 3.8) is 0 Å². The van der Waals surface area contributed by atoms with Gasteiger partial charge in [-0.2, -0.15) is 5.10 Å². The molecule has 0 saturated carbocycles. The van der Waals surface area contributed by atoms with Gasteiger partial charge in [0, 0.05) is 65.2 Å². The summed E-state index contributed by atoms with van der Waals surface area (Å²) in [4.78, 5) is 20.6. The van der Waals surface area contributed by atoms with Crippen LogP contribution in [-0.4, -0.2) is 43.2 Å². The van der Waals surface area contributed by atoms with Crippen LogP contribution in [0.5, 0.6) is 0 Å². The number of halogens is 3. The molecule has 7 aromatic rings. The van der Waals surface area contributed by atoms with E-state index < -0.39 is 5.82 Å². The minimum absolute atomic E-state index is 0.0317. The summed E-state index contributed by atoms with van der Waals surface area (Å²) in [6.07, 6.45) is 6.80. The van der Waals surface area contributed by atoms with Crippen molar-refractivity contribution >= 4 is 34.3 Å². The van der Waals surface area contributed by atoms with Gasteiger partial charge in [-0.3, -0.25) is 5.10 Å². The quantitative estimate of drug-likeness (QED) is 0.102. The van der Waals surface area contributed by atoms with Crippen molar-refractivity contribution in [1.29, 1.82) is 0 Å². The first kappa shape index (κ1) is 37.9. The Kier molecular flexibility index (Phi) is 11.1. The molecule has 0 spiro atoms. The number of H-pyrrole nitrogens is 1. The van der Waals surface area contributed by atoms with Gasteiger partial charge in [0.1, 0.15) is 17.5 Å². The Morgan fingerprint density at radius 3 is 1.56 bits per heavy atom. The van der Waals surface area contributed by atoms with Crippen LogP contribution in [0.2, 0.25) is 0 Å². The first-order chi connectivity index (χ1) is 26.3. The van der Waals surface area contributed by atoms with E-state index in [0.717, 1.165) is 33.2 Å². The fourth-order valence-electron chi connectivity index (χ4n) is 5.73. The number of rotatable bonds is 10. The van der Waals surface area contributed by atoms with Gasteiger partial charge in [0.05, 0.1) is 12.1 Å². The van der Waals surface area contributed by atoms with Crippen LogP contribution in [0, 0.1) is 24.0 Å². The Balaban J connectivity index is 0.000000187. The van der Waals surface area contributed by atoms with Crippen LogP contribution in [0.25, 0.3) is 38.0 Å². The summed E-state index contributed by atoms with van der Waals surface area (Å²) in [5.41, 5.74) is 11.6. The second kappa shape index (κ2) is 16.1. The fourth-order valence-corrected chi connectivity index (χ4v) is 5.73. The van der Waals surface area contributed by atoms with Crippen molar-refractivity contribution in [1.82, 2.24) is 30.1 Å². The zero-order chi connectivity index (χ0) is 39.2. The second-order valence-corrected chi connectivity index (χ2v) is 14.2. The maximum atomic E-state index is 13.4. The van der Waals surface area contributed by atoms with E-state index in [2.05, 4.69) is 59.5 Å². The van der Waals surface area contributed by atoms with Gasteiger partial charge in [-0.1, -0.05) is 64.1 Å². The fraction of sp³-hybridized carbons (Fsp3) is 0.190. The molecule has 5 N–H and O–H groups in total. The molecule has 0 radical (unpaired) electrons. The van der Waals surface area contributed by atoms with Gasteiger partial charge in [-0.05, 0) is 70.8 Å². The monoisotopic (exact) mass is 740 g/mol. The molecule has 0 atom stereocenters. The molecule has 0 amide bonds. The van der Waals surface area contributed by atoms with Crippen LogP contribution in [0.3, 0.4) is 0 Å². The number of benzene rings is 4. The van der Waals surface area contributed by atoms with E-state index in [0.29, 0.717) is 41.9 Å². The van der Waals surface area contributed by atoms with Gasteiger partial charge >= 0.3 is 0 Å². The number of nitrogens with two attached hydrogens (primary N) is 1. The number of hydrogen-bond acceptors (Lipinski definition) is 8. The van der Waals surface area contributed by atoms with Crippen LogP contribution in [-0.2, 0) is 10.8 Å². The number of anilines is 3. The van der Waals surface area contributed by atoms with E-state index in [9.17, 15) is 13.2 Å². The van der Waals surface area contributed by atoms with Gasteiger partial charge < -0.3 is 16.4 Å². The number of nitrogens with one attached hydrogen (secondary N) is 3. The van der Waals surface area contributed by atoms with Crippen molar-refractivity contribution in [3.8, 4) is 22.3 Å². The van der Waals surface area contributed by atoms with E-state index in [1.54, 1.807) is 55.1 Å². The number of hydrogen-bond donors (Lipinski definition) is 4. The van der Waals surface area contributed by atoms with Crippen LogP contribution in [0.1, 0.15) is 38.8 Å². The van der Waals surface area contributed by atoms with Crippen LogP contribution >= 0.6 is 0 Å². The minimum Gasteiger partial charge on any atom is -0.382 e. The van der Waals surface area contributed by atoms with Crippen molar-refractivity contribution < 1.29 is 13.2 Å². The number of nitrogens with zero attached hydrogens (tertiary/aromatic N) is 6. The highest BCUT2D eigenvalue weighted by molar-refractivity contribution is 5.92. The number of nitrogen functional groups attached to an aromatic ring is 1. The van der Waals surface area contributed by atoms with Crippen LogP contribution in [0.4, 0.5) is 36.6 Å². The summed E-state index contributed by atoms with van der Waals surface area (Å²) in [6.45, 7) is 16.5. The third kappa shape index (κ3) is 9.23. The summed E-state index contributed by atoms with van der Waals surface area (Å²) in [6, 6.07) is 23.2. The molecule has 55 heavy (non-hydrogen) atoms. The largest absolute Gasteiger partial charge is 0.382 e. The molecule has 278 valence electrons. The maximum absolute atomic E-state index is 13.4.